The number of hydrogen-bond donors (Lipinski definition) is 1. The predicted octanol–water partition coefficient (Wildman–Crippen LogP) is 5.05. The monoisotopic (exact) mass is 346 g/mol. The smallest absolute Gasteiger partial charge is 0.0253 e. The van der Waals surface area contributed by atoms with E-state index in [0.29, 0.717) is 5.54 Å². The highest BCUT2D eigenvalue weighted by molar-refractivity contribution is 7.98. The number of fused-ring (bicyclic) bond motifs is 3. The van der Waals surface area contributed by atoms with Crippen molar-refractivity contribution in [3.8, 4) is 0 Å². The van der Waals surface area contributed by atoms with Gasteiger partial charge in [0.15, 0.2) is 0 Å². The molecule has 2 aliphatic heterocycles. The maximum atomic E-state index is 5.22. The topological polar surface area (TPSA) is 29.3 Å². The van der Waals surface area contributed by atoms with Gasteiger partial charge in [-0.1, -0.05) is 48.4 Å². The minimum Gasteiger partial charge on any atom is -0.293 e. The van der Waals surface area contributed by atoms with Gasteiger partial charge in [-0.3, -0.25) is 10.0 Å². The van der Waals surface area contributed by atoms with Crippen LogP contribution in [0.1, 0.15) is 52.0 Å². The maximum Gasteiger partial charge on any atom is 0.0253 e. The van der Waals surface area contributed by atoms with Crippen LogP contribution >= 0.6 is 11.9 Å². The van der Waals surface area contributed by atoms with Crippen molar-refractivity contribution >= 4 is 11.9 Å². The van der Waals surface area contributed by atoms with Crippen LogP contribution in [0.5, 0.6) is 0 Å². The molecule has 1 aromatic rings. The highest BCUT2D eigenvalue weighted by Gasteiger charge is 2.45. The fourth-order valence-electron chi connectivity index (χ4n) is 3.91. The van der Waals surface area contributed by atoms with Gasteiger partial charge < -0.3 is 0 Å². The maximum absolute atomic E-state index is 5.22. The van der Waals surface area contributed by atoms with Gasteiger partial charge in [0.25, 0.3) is 0 Å². The molecule has 0 atom stereocenters. The first-order valence-electron chi connectivity index (χ1n) is 9.16. The first-order valence-corrected chi connectivity index (χ1v) is 10.0. The molecular weight excluding hydrogens is 312 g/mol. The van der Waals surface area contributed by atoms with E-state index in [-0.39, 0.29) is 4.75 Å². The average Bonchev–Trinajstić information content (AvgIpc) is 2.57. The van der Waals surface area contributed by atoms with Gasteiger partial charge in [0.05, 0.1) is 0 Å². The zero-order valence-corrected chi connectivity index (χ0v) is 16.4. The molecule has 24 heavy (non-hydrogen) atoms. The van der Waals surface area contributed by atoms with Gasteiger partial charge in [-0.05, 0) is 64.4 Å². The fraction of sp³-hybridized carbons (Fsp3) is 0.619. The van der Waals surface area contributed by atoms with Gasteiger partial charge in [-0.2, -0.15) is 0 Å². The van der Waals surface area contributed by atoms with Gasteiger partial charge in [0.1, 0.15) is 0 Å². The van der Waals surface area contributed by atoms with E-state index in [4.69, 9.17) is 5.14 Å². The summed E-state index contributed by atoms with van der Waals surface area (Å²) in [6.07, 6.45) is 8.91. The van der Waals surface area contributed by atoms with E-state index in [1.165, 1.54) is 56.2 Å². The summed E-state index contributed by atoms with van der Waals surface area (Å²) in [6, 6.07) is 11.0. The number of piperidine rings is 2. The molecule has 4 rings (SSSR count). The van der Waals surface area contributed by atoms with Gasteiger partial charge in [0.2, 0.25) is 0 Å². The minimum atomic E-state index is 0.236. The van der Waals surface area contributed by atoms with Gasteiger partial charge in [-0.25, -0.2) is 0 Å². The second-order valence-corrected chi connectivity index (χ2v) is 9.71. The normalized spacial score (nSPS) is 26.6. The van der Waals surface area contributed by atoms with Gasteiger partial charge in [-0.15, -0.1) is 6.58 Å². The molecular formula is C21H34N2S. The summed E-state index contributed by atoms with van der Waals surface area (Å²) >= 11 is 1.38. The zero-order chi connectivity index (χ0) is 17.6. The van der Waals surface area contributed by atoms with Crippen molar-refractivity contribution in [2.75, 3.05) is 13.1 Å². The molecule has 0 amide bonds. The summed E-state index contributed by atoms with van der Waals surface area (Å²) in [7, 11) is 0. The minimum absolute atomic E-state index is 0.236. The van der Waals surface area contributed by atoms with Crippen LogP contribution in [0, 0.1) is 5.92 Å². The van der Waals surface area contributed by atoms with Crippen LogP contribution < -0.4 is 5.14 Å². The highest BCUT2D eigenvalue weighted by Crippen LogP contribution is 2.44. The van der Waals surface area contributed by atoms with Crippen LogP contribution in [-0.2, 0) is 6.42 Å². The quantitative estimate of drug-likeness (QED) is 0.611. The Morgan fingerprint density at radius 3 is 2.33 bits per heavy atom. The lowest BCUT2D eigenvalue weighted by Crippen LogP contribution is -2.59. The van der Waals surface area contributed by atoms with Crippen molar-refractivity contribution in [2.45, 2.75) is 63.2 Å². The van der Waals surface area contributed by atoms with Crippen molar-refractivity contribution in [3.63, 3.8) is 0 Å². The van der Waals surface area contributed by atoms with Crippen LogP contribution in [0.4, 0.5) is 0 Å². The summed E-state index contributed by atoms with van der Waals surface area (Å²) < 4.78 is 0.236. The lowest BCUT2D eigenvalue weighted by atomic mass is 9.68. The summed E-state index contributed by atoms with van der Waals surface area (Å²) in [6.45, 7) is 12.5. The van der Waals surface area contributed by atoms with Gasteiger partial charge in [0, 0.05) is 23.4 Å². The Kier molecular flexibility index (Phi) is 6.97. The number of rotatable bonds is 4. The Morgan fingerprint density at radius 1 is 1.25 bits per heavy atom. The molecule has 0 radical (unpaired) electrons. The van der Waals surface area contributed by atoms with Crippen molar-refractivity contribution in [1.82, 2.24) is 4.90 Å². The summed E-state index contributed by atoms with van der Waals surface area (Å²) in [5.41, 5.74) is 1.91. The van der Waals surface area contributed by atoms with E-state index < -0.39 is 0 Å². The van der Waals surface area contributed by atoms with E-state index in [1.54, 1.807) is 0 Å². The van der Waals surface area contributed by atoms with Crippen molar-refractivity contribution in [2.24, 2.45) is 11.1 Å². The zero-order valence-electron chi connectivity index (χ0n) is 15.6. The molecule has 3 fully saturated rings. The molecule has 2 bridgehead atoms. The van der Waals surface area contributed by atoms with Crippen LogP contribution in [0.3, 0.4) is 0 Å². The lowest BCUT2D eigenvalue weighted by Gasteiger charge is -2.55. The first kappa shape index (κ1) is 19.6. The Labute approximate surface area is 153 Å². The van der Waals surface area contributed by atoms with Crippen molar-refractivity contribution in [1.29, 1.82) is 0 Å². The molecule has 1 aromatic carbocycles. The Bertz CT molecular complexity index is 498. The van der Waals surface area contributed by atoms with Crippen LogP contribution in [-0.4, -0.2) is 28.3 Å². The lowest BCUT2D eigenvalue weighted by molar-refractivity contribution is -0.0263. The van der Waals surface area contributed by atoms with E-state index in [9.17, 15) is 0 Å². The molecule has 2 saturated heterocycles. The molecule has 2 N–H and O–H groups in total. The standard InChI is InChI=1S/C17H23N.C4H11NS/c1-2-12-18-14-16-8-10-17(18,11-9-16)13-15-6-4-3-5-7-15;1-4(2,3)6-5/h2-7,16H,1,8-14H2;5H2,1-3H3. The van der Waals surface area contributed by atoms with E-state index in [1.807, 2.05) is 0 Å². The second kappa shape index (κ2) is 8.55. The van der Waals surface area contributed by atoms with E-state index >= 15 is 0 Å². The molecule has 0 unspecified atom stereocenters. The third-order valence-electron chi connectivity index (χ3n) is 5.26. The van der Waals surface area contributed by atoms with E-state index in [0.717, 1.165) is 12.5 Å². The van der Waals surface area contributed by atoms with Crippen molar-refractivity contribution in [3.05, 3.63) is 48.6 Å². The third-order valence-corrected chi connectivity index (χ3v) is 5.97. The van der Waals surface area contributed by atoms with Crippen LogP contribution in [0.2, 0.25) is 0 Å². The fourth-order valence-corrected chi connectivity index (χ4v) is 3.91. The van der Waals surface area contributed by atoms with E-state index in [2.05, 4.69) is 68.7 Å². The number of nitrogens with two attached hydrogens (primary N) is 1. The summed E-state index contributed by atoms with van der Waals surface area (Å²) in [5.74, 6) is 0.947. The summed E-state index contributed by atoms with van der Waals surface area (Å²) in [4.78, 5) is 2.70. The summed E-state index contributed by atoms with van der Waals surface area (Å²) in [5, 5.41) is 5.22. The molecule has 1 aliphatic carbocycles. The molecule has 2 nitrogen and oxygen atoms in total. The molecule has 2 heterocycles. The third kappa shape index (κ3) is 5.37. The van der Waals surface area contributed by atoms with Crippen molar-refractivity contribution < 1.29 is 0 Å². The predicted molar refractivity (Wildman–Crippen MR) is 108 cm³/mol. The number of benzene rings is 1. The molecule has 1 saturated carbocycles. The van der Waals surface area contributed by atoms with Crippen LogP contribution in [0.25, 0.3) is 0 Å². The average molecular weight is 347 g/mol. The molecule has 3 heteroatoms. The Balaban J connectivity index is 0.000000301. The highest BCUT2D eigenvalue weighted by atomic mass is 32.2. The molecule has 0 aromatic heterocycles. The number of nitrogens with zero attached hydrogens (tertiary/aromatic N) is 1. The molecule has 3 aliphatic rings. The first-order chi connectivity index (χ1) is 11.4. The number of hydrogen-bond acceptors (Lipinski definition) is 3. The SMILES string of the molecule is C=CCN1CC2CCC1(Cc1ccccc1)CC2.CC(C)(C)SN. The van der Waals surface area contributed by atoms with Gasteiger partial charge >= 0.3 is 0 Å². The Morgan fingerprint density at radius 2 is 1.83 bits per heavy atom. The van der Waals surface area contributed by atoms with Crippen LogP contribution in [0.15, 0.2) is 43.0 Å². The Hall–Kier alpha value is -0.770. The molecule has 134 valence electrons. The second-order valence-electron chi connectivity index (χ2n) is 8.25. The molecule has 0 spiro atoms. The largest absolute Gasteiger partial charge is 0.293 e.